The number of carbonyl (C=O) groups excluding carboxylic acids is 2. The molecule has 166 valence electrons. The van der Waals surface area contributed by atoms with Crippen molar-refractivity contribution in [3.8, 4) is 22.3 Å². The van der Waals surface area contributed by atoms with E-state index in [2.05, 4.69) is 26.8 Å². The maximum absolute atomic E-state index is 13.9. The third kappa shape index (κ3) is 4.62. The van der Waals surface area contributed by atoms with Crippen LogP contribution in [0.3, 0.4) is 0 Å². The standard InChI is InChI=1S/C24H20FN5O3/c1-4-23(32)29-19-7-17(10-26-12-19)18-8-20-21(16-5-6-27-22(25)9-16)13-30(24(20)28-11-18)14(2)33-15(3)31/h4-14H,1H2,2-3H3,(H,29,32). The highest BCUT2D eigenvalue weighted by Gasteiger charge is 2.18. The van der Waals surface area contributed by atoms with E-state index in [0.29, 0.717) is 22.5 Å². The number of anilines is 1. The molecule has 0 radical (unpaired) electrons. The van der Waals surface area contributed by atoms with Crippen molar-refractivity contribution < 1.29 is 18.7 Å². The molecule has 33 heavy (non-hydrogen) atoms. The molecule has 0 spiro atoms. The lowest BCUT2D eigenvalue weighted by Crippen LogP contribution is -2.11. The number of hydrogen-bond donors (Lipinski definition) is 1. The smallest absolute Gasteiger partial charge is 0.304 e. The Bertz CT molecular complexity index is 1380. The fourth-order valence-corrected chi connectivity index (χ4v) is 3.52. The summed E-state index contributed by atoms with van der Waals surface area (Å²) >= 11 is 0. The van der Waals surface area contributed by atoms with Crippen molar-refractivity contribution in [3.63, 3.8) is 0 Å². The van der Waals surface area contributed by atoms with Gasteiger partial charge in [0.2, 0.25) is 11.9 Å². The van der Waals surface area contributed by atoms with E-state index < -0.39 is 18.1 Å². The Morgan fingerprint density at radius 1 is 1.15 bits per heavy atom. The zero-order valence-electron chi connectivity index (χ0n) is 17.9. The van der Waals surface area contributed by atoms with Gasteiger partial charge in [-0.3, -0.25) is 19.1 Å². The van der Waals surface area contributed by atoms with Crippen LogP contribution in [-0.2, 0) is 14.3 Å². The van der Waals surface area contributed by atoms with Gasteiger partial charge in [0.05, 0.1) is 11.9 Å². The predicted molar refractivity (Wildman–Crippen MR) is 121 cm³/mol. The number of pyridine rings is 3. The fraction of sp³-hybridized carbons (Fsp3) is 0.125. The molecule has 1 N–H and O–H groups in total. The summed E-state index contributed by atoms with van der Waals surface area (Å²) in [6.45, 7) is 6.50. The van der Waals surface area contributed by atoms with Gasteiger partial charge in [-0.2, -0.15) is 4.39 Å². The van der Waals surface area contributed by atoms with Crippen molar-refractivity contribution >= 4 is 28.6 Å². The zero-order chi connectivity index (χ0) is 23.5. The SMILES string of the molecule is C=CC(=O)Nc1cncc(-c2cnc3c(c2)c(-c2ccnc(F)c2)cn3C(C)OC(C)=O)c1. The highest BCUT2D eigenvalue weighted by atomic mass is 19.1. The molecule has 0 bridgehead atoms. The van der Waals surface area contributed by atoms with Gasteiger partial charge in [-0.05, 0) is 36.8 Å². The molecule has 4 rings (SSSR count). The first-order valence-electron chi connectivity index (χ1n) is 10.0. The molecule has 0 aliphatic rings. The number of esters is 1. The molecule has 1 amide bonds. The van der Waals surface area contributed by atoms with Crippen LogP contribution in [0.5, 0.6) is 0 Å². The number of hydrogen-bond acceptors (Lipinski definition) is 6. The summed E-state index contributed by atoms with van der Waals surface area (Å²) in [7, 11) is 0. The summed E-state index contributed by atoms with van der Waals surface area (Å²) < 4.78 is 20.9. The van der Waals surface area contributed by atoms with Gasteiger partial charge >= 0.3 is 5.97 Å². The molecule has 0 fully saturated rings. The summed E-state index contributed by atoms with van der Waals surface area (Å²) in [6, 6.07) is 6.68. The molecular weight excluding hydrogens is 425 g/mol. The lowest BCUT2D eigenvalue weighted by Gasteiger charge is -2.14. The van der Waals surface area contributed by atoms with Gasteiger partial charge in [-0.15, -0.1) is 0 Å². The largest absolute Gasteiger partial charge is 0.442 e. The lowest BCUT2D eigenvalue weighted by atomic mass is 10.0. The van der Waals surface area contributed by atoms with Crippen LogP contribution in [-0.4, -0.2) is 31.4 Å². The van der Waals surface area contributed by atoms with Gasteiger partial charge in [-0.25, -0.2) is 9.97 Å². The van der Waals surface area contributed by atoms with Crippen LogP contribution in [0.4, 0.5) is 10.1 Å². The van der Waals surface area contributed by atoms with E-state index in [0.717, 1.165) is 16.5 Å². The summed E-state index contributed by atoms with van der Waals surface area (Å²) in [5.41, 5.74) is 3.82. The van der Waals surface area contributed by atoms with E-state index in [4.69, 9.17) is 4.74 Å². The van der Waals surface area contributed by atoms with Crippen LogP contribution in [0.25, 0.3) is 33.3 Å². The van der Waals surface area contributed by atoms with E-state index in [1.807, 2.05) is 6.07 Å². The van der Waals surface area contributed by atoms with Crippen molar-refractivity contribution in [2.24, 2.45) is 0 Å². The summed E-state index contributed by atoms with van der Waals surface area (Å²) in [5, 5.41) is 3.40. The second kappa shape index (κ2) is 8.99. The maximum Gasteiger partial charge on any atom is 0.304 e. The molecule has 1 atom stereocenters. The molecule has 4 aromatic heterocycles. The Kier molecular flexibility index (Phi) is 5.95. The van der Waals surface area contributed by atoms with Crippen molar-refractivity contribution in [1.29, 1.82) is 0 Å². The van der Waals surface area contributed by atoms with Crippen molar-refractivity contribution in [2.45, 2.75) is 20.1 Å². The molecule has 8 nitrogen and oxygen atoms in total. The molecule has 4 heterocycles. The number of ether oxygens (including phenoxy) is 1. The van der Waals surface area contributed by atoms with Crippen LogP contribution < -0.4 is 5.32 Å². The Morgan fingerprint density at radius 3 is 2.67 bits per heavy atom. The number of nitrogens with zero attached hydrogens (tertiary/aromatic N) is 4. The number of carbonyl (C=O) groups is 2. The van der Waals surface area contributed by atoms with Gasteiger partial charge < -0.3 is 10.1 Å². The van der Waals surface area contributed by atoms with E-state index >= 15 is 0 Å². The predicted octanol–water partition coefficient (Wildman–Crippen LogP) is 4.51. The molecule has 1 unspecified atom stereocenters. The van der Waals surface area contributed by atoms with Gasteiger partial charge in [0.1, 0.15) is 5.65 Å². The molecule has 0 aliphatic carbocycles. The minimum atomic E-state index is -0.622. The first-order chi connectivity index (χ1) is 15.9. The fourth-order valence-electron chi connectivity index (χ4n) is 3.52. The van der Waals surface area contributed by atoms with Gasteiger partial charge in [-0.1, -0.05) is 6.58 Å². The monoisotopic (exact) mass is 445 g/mol. The van der Waals surface area contributed by atoms with Crippen LogP contribution in [0, 0.1) is 5.95 Å². The van der Waals surface area contributed by atoms with Crippen LogP contribution in [0.15, 0.2) is 67.9 Å². The van der Waals surface area contributed by atoms with E-state index in [9.17, 15) is 14.0 Å². The highest BCUT2D eigenvalue weighted by Crippen LogP contribution is 2.34. The quantitative estimate of drug-likeness (QED) is 0.266. The van der Waals surface area contributed by atoms with Gasteiger partial charge in [0.25, 0.3) is 0 Å². The van der Waals surface area contributed by atoms with Crippen LogP contribution in [0.2, 0.25) is 0 Å². The van der Waals surface area contributed by atoms with Crippen molar-refractivity contribution in [2.75, 3.05) is 5.32 Å². The topological polar surface area (TPSA) is 99.0 Å². The Labute approximate surface area is 188 Å². The van der Waals surface area contributed by atoms with Gasteiger partial charge in [0.15, 0.2) is 6.23 Å². The van der Waals surface area contributed by atoms with Crippen molar-refractivity contribution in [1.82, 2.24) is 19.5 Å². The van der Waals surface area contributed by atoms with E-state index in [1.165, 1.54) is 31.5 Å². The number of fused-ring (bicyclic) bond motifs is 1. The molecule has 4 aromatic rings. The summed E-state index contributed by atoms with van der Waals surface area (Å²) in [6.07, 6.45) is 8.54. The van der Waals surface area contributed by atoms with Crippen LogP contribution in [0.1, 0.15) is 20.1 Å². The molecule has 0 saturated carbocycles. The molecule has 0 aromatic carbocycles. The minimum absolute atomic E-state index is 0.346. The summed E-state index contributed by atoms with van der Waals surface area (Å²) in [5.74, 6) is -1.39. The third-order valence-corrected chi connectivity index (χ3v) is 4.96. The second-order valence-electron chi connectivity index (χ2n) is 7.28. The van der Waals surface area contributed by atoms with Crippen LogP contribution >= 0.6 is 0 Å². The van der Waals surface area contributed by atoms with Gasteiger partial charge in [0, 0.05) is 59.9 Å². The Morgan fingerprint density at radius 2 is 1.94 bits per heavy atom. The molecule has 0 saturated heterocycles. The number of aromatic nitrogens is 4. The summed E-state index contributed by atoms with van der Waals surface area (Å²) in [4.78, 5) is 35.5. The van der Waals surface area contributed by atoms with Crippen molar-refractivity contribution in [3.05, 3.63) is 73.9 Å². The Hall–Kier alpha value is -4.40. The normalized spacial score (nSPS) is 11.7. The number of nitrogens with one attached hydrogen (secondary N) is 1. The zero-order valence-corrected chi connectivity index (χ0v) is 17.9. The average molecular weight is 445 g/mol. The molecular formula is C24H20FN5O3. The lowest BCUT2D eigenvalue weighted by molar-refractivity contribution is -0.149. The third-order valence-electron chi connectivity index (χ3n) is 4.96. The maximum atomic E-state index is 13.9. The number of rotatable bonds is 6. The number of halogens is 1. The highest BCUT2D eigenvalue weighted by molar-refractivity contribution is 5.99. The first kappa shape index (κ1) is 21.8. The van der Waals surface area contributed by atoms with E-state index in [1.54, 1.807) is 42.2 Å². The second-order valence-corrected chi connectivity index (χ2v) is 7.28. The van der Waals surface area contributed by atoms with E-state index in [-0.39, 0.29) is 5.91 Å². The first-order valence-corrected chi connectivity index (χ1v) is 10.0. The molecule has 9 heteroatoms. The number of amides is 1. The average Bonchev–Trinajstić information content (AvgIpc) is 3.18. The minimum Gasteiger partial charge on any atom is -0.442 e. The Balaban J connectivity index is 1.86. The molecule has 0 aliphatic heterocycles.